The van der Waals surface area contributed by atoms with Crippen LogP contribution in [0, 0.1) is 0 Å². The van der Waals surface area contributed by atoms with E-state index >= 15 is 0 Å². The van der Waals surface area contributed by atoms with Crippen molar-refractivity contribution in [2.24, 2.45) is 7.05 Å². The lowest BCUT2D eigenvalue weighted by Gasteiger charge is -2.14. The first-order valence-corrected chi connectivity index (χ1v) is 5.13. The number of nitrogens with zero attached hydrogens (tertiary/aromatic N) is 2. The summed E-state index contributed by atoms with van der Waals surface area (Å²) in [6, 6.07) is 0. The second-order valence-electron chi connectivity index (χ2n) is 2.42. The fourth-order valence-corrected chi connectivity index (χ4v) is 2.25. The van der Waals surface area contributed by atoms with Gasteiger partial charge in [-0.3, -0.25) is 0 Å². The van der Waals surface area contributed by atoms with Gasteiger partial charge < -0.3 is 14.0 Å². The minimum atomic E-state index is -0.404. The molecule has 0 saturated heterocycles. The van der Waals surface area contributed by atoms with E-state index in [9.17, 15) is 0 Å². The van der Waals surface area contributed by atoms with Gasteiger partial charge in [-0.15, -0.1) is 0 Å². The van der Waals surface area contributed by atoms with Crippen molar-refractivity contribution in [2.45, 2.75) is 6.29 Å². The van der Waals surface area contributed by atoms with Crippen LogP contribution in [0.2, 0.25) is 0 Å². The molecule has 0 amide bonds. The predicted molar refractivity (Wildman–Crippen MR) is 55.4 cm³/mol. The van der Waals surface area contributed by atoms with Gasteiger partial charge in [-0.1, -0.05) is 0 Å². The Morgan fingerprint density at radius 1 is 1.31 bits per heavy atom. The highest BCUT2D eigenvalue weighted by Crippen LogP contribution is 2.28. The van der Waals surface area contributed by atoms with Crippen LogP contribution in [0.5, 0.6) is 0 Å². The summed E-state index contributed by atoms with van der Waals surface area (Å²) in [6.45, 7) is 0. The molecule has 1 rings (SSSR count). The smallest absolute Gasteiger partial charge is 0.201 e. The van der Waals surface area contributed by atoms with E-state index in [0.717, 1.165) is 15.0 Å². The number of methoxy groups -OCH3 is 2. The molecule has 0 radical (unpaired) electrons. The number of halogens is 2. The SMILES string of the molecule is COC(OC)c1c(Br)nc(Br)n1C. The molecule has 13 heavy (non-hydrogen) atoms. The Bertz CT molecular complexity index is 297. The van der Waals surface area contributed by atoms with Gasteiger partial charge in [0.25, 0.3) is 0 Å². The van der Waals surface area contributed by atoms with E-state index in [4.69, 9.17) is 9.47 Å². The maximum atomic E-state index is 5.13. The minimum absolute atomic E-state index is 0.404. The summed E-state index contributed by atoms with van der Waals surface area (Å²) in [7, 11) is 5.05. The monoisotopic (exact) mass is 312 g/mol. The van der Waals surface area contributed by atoms with Crippen molar-refractivity contribution in [1.82, 2.24) is 9.55 Å². The zero-order valence-corrected chi connectivity index (χ0v) is 10.7. The van der Waals surface area contributed by atoms with Crippen LogP contribution in [0.3, 0.4) is 0 Å². The van der Waals surface area contributed by atoms with Crippen molar-refractivity contribution >= 4 is 31.9 Å². The fraction of sp³-hybridized carbons (Fsp3) is 0.571. The lowest BCUT2D eigenvalue weighted by atomic mass is 10.4. The summed E-state index contributed by atoms with van der Waals surface area (Å²) in [5.41, 5.74) is 0.844. The lowest BCUT2D eigenvalue weighted by Crippen LogP contribution is -2.09. The van der Waals surface area contributed by atoms with Crippen LogP contribution in [0.4, 0.5) is 0 Å². The van der Waals surface area contributed by atoms with E-state index in [2.05, 4.69) is 36.8 Å². The summed E-state index contributed by atoms with van der Waals surface area (Å²) >= 11 is 6.63. The highest BCUT2D eigenvalue weighted by atomic mass is 79.9. The first-order valence-electron chi connectivity index (χ1n) is 3.55. The van der Waals surface area contributed by atoms with E-state index in [-0.39, 0.29) is 0 Å². The van der Waals surface area contributed by atoms with E-state index in [1.54, 1.807) is 14.2 Å². The lowest BCUT2D eigenvalue weighted by molar-refractivity contribution is -0.110. The third kappa shape index (κ3) is 2.12. The molecule has 6 heteroatoms. The Morgan fingerprint density at radius 3 is 2.15 bits per heavy atom. The van der Waals surface area contributed by atoms with Crippen molar-refractivity contribution in [3.63, 3.8) is 0 Å². The molecule has 0 N–H and O–H groups in total. The van der Waals surface area contributed by atoms with Crippen LogP contribution in [-0.4, -0.2) is 23.8 Å². The van der Waals surface area contributed by atoms with Gasteiger partial charge in [0.2, 0.25) is 6.29 Å². The molecule has 0 unspecified atom stereocenters. The molecule has 0 aliphatic rings. The number of hydrogen-bond acceptors (Lipinski definition) is 3. The minimum Gasteiger partial charge on any atom is -0.350 e. The zero-order chi connectivity index (χ0) is 10.0. The maximum Gasteiger partial charge on any atom is 0.201 e. The average molecular weight is 314 g/mol. The molecule has 4 nitrogen and oxygen atoms in total. The average Bonchev–Trinajstić information content (AvgIpc) is 2.34. The van der Waals surface area contributed by atoms with Crippen molar-refractivity contribution in [3.05, 3.63) is 15.0 Å². The molecule has 1 heterocycles. The Labute approximate surface area is 93.5 Å². The first-order chi connectivity index (χ1) is 6.11. The summed E-state index contributed by atoms with van der Waals surface area (Å²) in [5, 5.41) is 0. The van der Waals surface area contributed by atoms with E-state index < -0.39 is 6.29 Å². The second-order valence-corrected chi connectivity index (χ2v) is 3.88. The summed E-state index contributed by atoms with van der Waals surface area (Å²) in [6.07, 6.45) is -0.404. The van der Waals surface area contributed by atoms with Gasteiger partial charge in [0.15, 0.2) is 4.73 Å². The first kappa shape index (κ1) is 11.2. The number of aromatic nitrogens is 2. The quantitative estimate of drug-likeness (QED) is 0.803. The number of imidazole rings is 1. The van der Waals surface area contributed by atoms with Gasteiger partial charge in [-0.25, -0.2) is 4.98 Å². The van der Waals surface area contributed by atoms with Crippen molar-refractivity contribution in [1.29, 1.82) is 0 Å². The molecule has 0 fully saturated rings. The molecule has 0 aliphatic carbocycles. The van der Waals surface area contributed by atoms with Crippen LogP contribution in [-0.2, 0) is 16.5 Å². The summed E-state index contributed by atoms with van der Waals surface area (Å²) in [5.74, 6) is 0. The molecular formula is C7H10Br2N2O2. The predicted octanol–water partition coefficient (Wildman–Crippen LogP) is 2.24. The van der Waals surface area contributed by atoms with Crippen LogP contribution in [0.25, 0.3) is 0 Å². The molecular weight excluding hydrogens is 304 g/mol. The second kappa shape index (κ2) is 4.54. The summed E-state index contributed by atoms with van der Waals surface area (Å²) < 4.78 is 13.6. The van der Waals surface area contributed by atoms with Crippen LogP contribution >= 0.6 is 31.9 Å². The highest BCUT2D eigenvalue weighted by molar-refractivity contribution is 9.11. The Hall–Kier alpha value is 0.0900. The largest absolute Gasteiger partial charge is 0.350 e. The van der Waals surface area contributed by atoms with Gasteiger partial charge in [0.1, 0.15) is 10.3 Å². The molecule has 0 atom stereocenters. The van der Waals surface area contributed by atoms with E-state index in [1.165, 1.54) is 0 Å². The van der Waals surface area contributed by atoms with Crippen molar-refractivity contribution < 1.29 is 9.47 Å². The van der Waals surface area contributed by atoms with Crippen LogP contribution in [0.15, 0.2) is 9.34 Å². The summed E-state index contributed by atoms with van der Waals surface area (Å²) in [4.78, 5) is 4.16. The Kier molecular flexibility index (Phi) is 3.90. The van der Waals surface area contributed by atoms with Gasteiger partial charge >= 0.3 is 0 Å². The maximum absolute atomic E-state index is 5.13. The van der Waals surface area contributed by atoms with Gasteiger partial charge in [-0.2, -0.15) is 0 Å². The van der Waals surface area contributed by atoms with E-state index in [0.29, 0.717) is 0 Å². The van der Waals surface area contributed by atoms with Gasteiger partial charge in [0.05, 0.1) is 0 Å². The normalized spacial score (nSPS) is 11.2. The van der Waals surface area contributed by atoms with Crippen molar-refractivity contribution in [3.8, 4) is 0 Å². The number of ether oxygens (including phenoxy) is 2. The van der Waals surface area contributed by atoms with Crippen LogP contribution < -0.4 is 0 Å². The van der Waals surface area contributed by atoms with Crippen molar-refractivity contribution in [2.75, 3.05) is 14.2 Å². The molecule has 0 aromatic carbocycles. The zero-order valence-electron chi connectivity index (χ0n) is 7.54. The molecule has 0 bridgehead atoms. The molecule has 1 aromatic heterocycles. The molecule has 0 spiro atoms. The molecule has 0 aliphatic heterocycles. The topological polar surface area (TPSA) is 36.3 Å². The number of rotatable bonds is 3. The van der Waals surface area contributed by atoms with Gasteiger partial charge in [0, 0.05) is 21.3 Å². The molecule has 0 saturated carbocycles. The van der Waals surface area contributed by atoms with Gasteiger partial charge in [-0.05, 0) is 31.9 Å². The number of hydrogen-bond donors (Lipinski definition) is 0. The third-order valence-corrected chi connectivity index (χ3v) is 2.98. The third-order valence-electron chi connectivity index (χ3n) is 1.69. The fourth-order valence-electron chi connectivity index (χ4n) is 1.03. The Morgan fingerprint density at radius 2 is 1.85 bits per heavy atom. The Balaban J connectivity index is 3.11. The van der Waals surface area contributed by atoms with E-state index in [1.807, 2.05) is 11.6 Å². The molecule has 74 valence electrons. The highest BCUT2D eigenvalue weighted by Gasteiger charge is 2.20. The molecule has 1 aromatic rings. The van der Waals surface area contributed by atoms with Crippen LogP contribution in [0.1, 0.15) is 12.0 Å². The standard InChI is InChI=1S/C7H10Br2N2O2/c1-11-4(6(12-2)13-3)5(8)10-7(11)9/h6H,1-3H3.